The molecular formula is C12H20O. The van der Waals surface area contributed by atoms with E-state index in [9.17, 15) is 5.11 Å². The third-order valence-corrected chi connectivity index (χ3v) is 3.29. The Bertz CT molecular complexity index is 219. The van der Waals surface area contributed by atoms with Crippen LogP contribution in [0.25, 0.3) is 0 Å². The monoisotopic (exact) mass is 180 g/mol. The highest BCUT2D eigenvalue weighted by molar-refractivity contribution is 5.06. The van der Waals surface area contributed by atoms with Crippen molar-refractivity contribution in [3.8, 4) is 0 Å². The van der Waals surface area contributed by atoms with Gasteiger partial charge in [-0.1, -0.05) is 25.2 Å². The summed E-state index contributed by atoms with van der Waals surface area (Å²) in [7, 11) is 0. The summed E-state index contributed by atoms with van der Waals surface area (Å²) in [5.74, 6) is 0.299. The molecule has 1 rings (SSSR count). The first-order valence-corrected chi connectivity index (χ1v) is 4.95. The van der Waals surface area contributed by atoms with Crippen molar-refractivity contribution in [2.45, 2.75) is 39.2 Å². The summed E-state index contributed by atoms with van der Waals surface area (Å²) >= 11 is 0. The van der Waals surface area contributed by atoms with E-state index < -0.39 is 0 Å². The van der Waals surface area contributed by atoms with Crippen molar-refractivity contribution >= 4 is 0 Å². The average Bonchev–Trinajstić information content (AvgIpc) is 2.03. The van der Waals surface area contributed by atoms with E-state index in [0.717, 1.165) is 24.8 Å². The van der Waals surface area contributed by atoms with E-state index in [4.69, 9.17) is 0 Å². The van der Waals surface area contributed by atoms with Crippen molar-refractivity contribution in [3.05, 3.63) is 24.8 Å². The quantitative estimate of drug-likeness (QED) is 0.648. The Morgan fingerprint density at radius 3 is 2.62 bits per heavy atom. The third kappa shape index (κ3) is 2.22. The molecule has 0 amide bonds. The highest BCUT2D eigenvalue weighted by Crippen LogP contribution is 2.41. The van der Waals surface area contributed by atoms with Gasteiger partial charge in [0.05, 0.1) is 6.10 Å². The standard InChI is InChI=1S/C12H20O/c1-5-12(4)7-6-10(9(2)3)11(13)8-12/h5,10-11,13H,1-2,6-8H2,3-4H3/t10-,11+,12-/m0/s1. The summed E-state index contributed by atoms with van der Waals surface area (Å²) < 4.78 is 0. The van der Waals surface area contributed by atoms with Crippen molar-refractivity contribution in [2.24, 2.45) is 11.3 Å². The highest BCUT2D eigenvalue weighted by atomic mass is 16.3. The Morgan fingerprint density at radius 1 is 1.62 bits per heavy atom. The van der Waals surface area contributed by atoms with Crippen LogP contribution in [0.3, 0.4) is 0 Å². The van der Waals surface area contributed by atoms with Crippen LogP contribution in [0, 0.1) is 11.3 Å². The van der Waals surface area contributed by atoms with Crippen molar-refractivity contribution in [1.82, 2.24) is 0 Å². The van der Waals surface area contributed by atoms with Crippen LogP contribution in [-0.2, 0) is 0 Å². The molecule has 1 N–H and O–H groups in total. The van der Waals surface area contributed by atoms with Crippen LogP contribution in [0.1, 0.15) is 33.1 Å². The summed E-state index contributed by atoms with van der Waals surface area (Å²) in [5.41, 5.74) is 1.24. The lowest BCUT2D eigenvalue weighted by atomic mass is 9.69. The van der Waals surface area contributed by atoms with Gasteiger partial charge in [0.1, 0.15) is 0 Å². The van der Waals surface area contributed by atoms with E-state index in [-0.39, 0.29) is 11.5 Å². The van der Waals surface area contributed by atoms with Crippen molar-refractivity contribution in [3.63, 3.8) is 0 Å². The Morgan fingerprint density at radius 2 is 2.23 bits per heavy atom. The first-order valence-electron chi connectivity index (χ1n) is 4.95. The smallest absolute Gasteiger partial charge is 0.0613 e. The molecule has 0 aromatic carbocycles. The van der Waals surface area contributed by atoms with Crippen LogP contribution in [0.4, 0.5) is 0 Å². The number of hydrogen-bond acceptors (Lipinski definition) is 1. The molecule has 1 nitrogen and oxygen atoms in total. The Hall–Kier alpha value is -0.560. The van der Waals surface area contributed by atoms with Gasteiger partial charge in [-0.3, -0.25) is 0 Å². The predicted molar refractivity (Wildman–Crippen MR) is 56.5 cm³/mol. The SMILES string of the molecule is C=C[C@@]1(C)CC[C@@H](C(=C)C)[C@H](O)C1. The molecule has 1 heteroatoms. The third-order valence-electron chi connectivity index (χ3n) is 3.29. The van der Waals surface area contributed by atoms with Gasteiger partial charge in [0.25, 0.3) is 0 Å². The van der Waals surface area contributed by atoms with E-state index in [1.54, 1.807) is 0 Å². The molecule has 3 atom stereocenters. The molecule has 1 aliphatic rings. The molecule has 13 heavy (non-hydrogen) atoms. The van der Waals surface area contributed by atoms with E-state index in [1.165, 1.54) is 0 Å². The van der Waals surface area contributed by atoms with Crippen LogP contribution in [-0.4, -0.2) is 11.2 Å². The Balaban J connectivity index is 2.66. The first-order chi connectivity index (χ1) is 5.98. The number of aliphatic hydroxyl groups is 1. The molecule has 0 spiro atoms. The minimum atomic E-state index is -0.228. The second-order valence-corrected chi connectivity index (χ2v) is 4.62. The summed E-state index contributed by atoms with van der Waals surface area (Å²) in [5, 5.41) is 9.90. The van der Waals surface area contributed by atoms with Gasteiger partial charge in [-0.25, -0.2) is 0 Å². The Kier molecular flexibility index (Phi) is 2.97. The first kappa shape index (κ1) is 10.5. The summed E-state index contributed by atoms with van der Waals surface area (Å²) in [6.07, 6.45) is 4.73. The van der Waals surface area contributed by atoms with Crippen molar-refractivity contribution in [1.29, 1.82) is 0 Å². The maximum Gasteiger partial charge on any atom is 0.0613 e. The molecular weight excluding hydrogens is 160 g/mol. The van der Waals surface area contributed by atoms with Crippen LogP contribution in [0.15, 0.2) is 24.8 Å². The number of aliphatic hydroxyl groups excluding tert-OH is 1. The molecule has 0 aromatic rings. The van der Waals surface area contributed by atoms with E-state index in [1.807, 2.05) is 13.0 Å². The fourth-order valence-electron chi connectivity index (χ4n) is 2.16. The minimum absolute atomic E-state index is 0.130. The van der Waals surface area contributed by atoms with Gasteiger partial charge >= 0.3 is 0 Å². The molecule has 1 aliphatic carbocycles. The van der Waals surface area contributed by atoms with Crippen molar-refractivity contribution < 1.29 is 5.11 Å². The molecule has 0 heterocycles. The van der Waals surface area contributed by atoms with Gasteiger partial charge in [-0.15, -0.1) is 6.58 Å². The van der Waals surface area contributed by atoms with Gasteiger partial charge in [0.2, 0.25) is 0 Å². The van der Waals surface area contributed by atoms with Gasteiger partial charge in [-0.2, -0.15) is 0 Å². The van der Waals surface area contributed by atoms with Crippen molar-refractivity contribution in [2.75, 3.05) is 0 Å². The summed E-state index contributed by atoms with van der Waals surface area (Å²) in [6, 6.07) is 0. The topological polar surface area (TPSA) is 20.2 Å². The predicted octanol–water partition coefficient (Wildman–Crippen LogP) is 2.92. The van der Waals surface area contributed by atoms with Gasteiger partial charge in [-0.05, 0) is 31.6 Å². The number of rotatable bonds is 2. The maximum atomic E-state index is 9.90. The second kappa shape index (κ2) is 3.67. The normalized spacial score (nSPS) is 39.9. The minimum Gasteiger partial charge on any atom is -0.392 e. The van der Waals surface area contributed by atoms with Gasteiger partial charge in [0, 0.05) is 5.92 Å². The molecule has 1 saturated carbocycles. The zero-order valence-electron chi connectivity index (χ0n) is 8.71. The molecule has 1 fully saturated rings. The van der Waals surface area contributed by atoms with Crippen LogP contribution >= 0.6 is 0 Å². The lowest BCUT2D eigenvalue weighted by molar-refractivity contribution is 0.0418. The highest BCUT2D eigenvalue weighted by Gasteiger charge is 2.34. The van der Waals surface area contributed by atoms with Gasteiger partial charge < -0.3 is 5.11 Å². The van der Waals surface area contributed by atoms with E-state index >= 15 is 0 Å². The van der Waals surface area contributed by atoms with E-state index in [2.05, 4.69) is 20.1 Å². The zero-order valence-corrected chi connectivity index (χ0v) is 8.71. The maximum absolute atomic E-state index is 9.90. The molecule has 0 saturated heterocycles. The fourth-order valence-corrected chi connectivity index (χ4v) is 2.16. The summed E-state index contributed by atoms with van der Waals surface area (Å²) in [6.45, 7) is 11.9. The lowest BCUT2D eigenvalue weighted by Crippen LogP contribution is -2.34. The molecule has 0 bridgehead atoms. The van der Waals surface area contributed by atoms with Gasteiger partial charge in [0.15, 0.2) is 0 Å². The largest absolute Gasteiger partial charge is 0.392 e. The average molecular weight is 180 g/mol. The van der Waals surface area contributed by atoms with Crippen LogP contribution in [0.5, 0.6) is 0 Å². The van der Waals surface area contributed by atoms with Crippen LogP contribution in [0.2, 0.25) is 0 Å². The lowest BCUT2D eigenvalue weighted by Gasteiger charge is -2.39. The molecule has 0 aromatic heterocycles. The molecule has 0 aliphatic heterocycles. The van der Waals surface area contributed by atoms with Crippen LogP contribution < -0.4 is 0 Å². The molecule has 0 unspecified atom stereocenters. The van der Waals surface area contributed by atoms with E-state index in [0.29, 0.717) is 5.92 Å². The zero-order chi connectivity index (χ0) is 10.1. The molecule has 74 valence electrons. The number of hydrogen-bond donors (Lipinski definition) is 1. The second-order valence-electron chi connectivity index (χ2n) is 4.62. The molecule has 0 radical (unpaired) electrons. The summed E-state index contributed by atoms with van der Waals surface area (Å²) in [4.78, 5) is 0. The fraction of sp³-hybridized carbons (Fsp3) is 0.667. The Labute approximate surface area is 81.2 Å². The number of allylic oxidation sites excluding steroid dienone is 1.